The lowest BCUT2D eigenvalue weighted by atomic mass is 10.1. The van der Waals surface area contributed by atoms with Crippen molar-refractivity contribution in [3.8, 4) is 0 Å². The molecule has 0 fully saturated rings. The second kappa shape index (κ2) is 5.96. The third kappa shape index (κ3) is 2.94. The number of nitrogens with zero attached hydrogens (tertiary/aromatic N) is 1. The number of carbonyl (C=O) groups is 1. The van der Waals surface area contributed by atoms with Crippen LogP contribution in [-0.4, -0.2) is 17.4 Å². The fraction of sp³-hybridized carbons (Fsp3) is 0.188. The molecular weight excluding hydrogens is 296 g/mol. The molecule has 1 aliphatic rings. The Morgan fingerprint density at radius 3 is 2.91 bits per heavy atom. The predicted molar refractivity (Wildman–Crippen MR) is 87.6 cm³/mol. The molecule has 0 spiro atoms. The molecule has 1 aliphatic heterocycles. The van der Waals surface area contributed by atoms with E-state index in [2.05, 4.69) is 10.6 Å². The Morgan fingerprint density at radius 1 is 1.35 bits per heavy atom. The maximum atomic E-state index is 11.3. The van der Waals surface area contributed by atoms with Gasteiger partial charge in [0.25, 0.3) is 5.69 Å². The van der Waals surface area contributed by atoms with Gasteiger partial charge >= 0.3 is 0 Å². The van der Waals surface area contributed by atoms with Crippen LogP contribution in [0.2, 0.25) is 0 Å². The van der Waals surface area contributed by atoms with E-state index >= 15 is 0 Å². The third-order valence-electron chi connectivity index (χ3n) is 3.86. The Labute approximate surface area is 132 Å². The number of hydrogen-bond acceptors (Lipinski definition) is 5. The fourth-order valence-electron chi connectivity index (χ4n) is 2.76. The van der Waals surface area contributed by atoms with Crippen LogP contribution < -0.4 is 16.4 Å². The van der Waals surface area contributed by atoms with Crippen molar-refractivity contribution in [2.75, 3.05) is 17.2 Å². The molecule has 0 atom stereocenters. The number of amides is 1. The lowest BCUT2D eigenvalue weighted by Crippen LogP contribution is -2.12. The molecule has 3 rings (SSSR count). The molecular formula is C16H16N4O3. The van der Waals surface area contributed by atoms with E-state index in [1.165, 1.54) is 6.07 Å². The molecule has 2 aromatic carbocycles. The molecule has 1 amide bonds. The molecule has 0 saturated heterocycles. The second-order valence-electron chi connectivity index (χ2n) is 5.34. The van der Waals surface area contributed by atoms with Crippen LogP contribution in [0.15, 0.2) is 36.4 Å². The van der Waals surface area contributed by atoms with Gasteiger partial charge in [0.2, 0.25) is 5.91 Å². The van der Waals surface area contributed by atoms with Gasteiger partial charge in [0, 0.05) is 36.0 Å². The van der Waals surface area contributed by atoms with Crippen molar-refractivity contribution < 1.29 is 9.72 Å². The van der Waals surface area contributed by atoms with Crippen LogP contribution in [0.3, 0.4) is 0 Å². The summed E-state index contributed by atoms with van der Waals surface area (Å²) in [5, 5.41) is 17.6. The van der Waals surface area contributed by atoms with E-state index in [1.807, 2.05) is 6.07 Å². The third-order valence-corrected chi connectivity index (χ3v) is 3.86. The molecule has 1 heterocycles. The average Bonchev–Trinajstić information content (AvgIpc) is 3.01. The number of anilines is 2. The maximum absolute atomic E-state index is 11.3. The van der Waals surface area contributed by atoms with Crippen LogP contribution in [0.5, 0.6) is 0 Å². The number of hydrogen-bond donors (Lipinski definition) is 3. The number of nitrogens with one attached hydrogen (secondary N) is 2. The van der Waals surface area contributed by atoms with Gasteiger partial charge in [0.1, 0.15) is 5.69 Å². The van der Waals surface area contributed by atoms with Gasteiger partial charge < -0.3 is 16.4 Å². The van der Waals surface area contributed by atoms with Crippen LogP contribution in [0.25, 0.3) is 0 Å². The van der Waals surface area contributed by atoms with E-state index in [4.69, 9.17) is 5.73 Å². The molecule has 0 saturated carbocycles. The Kier molecular flexibility index (Phi) is 3.84. The second-order valence-corrected chi connectivity index (χ2v) is 5.34. The SMILES string of the molecule is NC(=O)c1cccc(CNc2c([N+](=O)[O-])ccc3c2CCN3)c1. The molecule has 2 aromatic rings. The number of nitro benzene ring substituents is 1. The largest absolute Gasteiger partial charge is 0.384 e. The van der Waals surface area contributed by atoms with Crippen molar-refractivity contribution in [3.63, 3.8) is 0 Å². The Bertz CT molecular complexity index is 789. The van der Waals surface area contributed by atoms with E-state index < -0.39 is 5.91 Å². The topological polar surface area (TPSA) is 110 Å². The summed E-state index contributed by atoms with van der Waals surface area (Å²) in [5.41, 5.74) is 8.94. The van der Waals surface area contributed by atoms with E-state index in [0.717, 1.165) is 29.8 Å². The van der Waals surface area contributed by atoms with Crippen molar-refractivity contribution in [1.29, 1.82) is 0 Å². The van der Waals surface area contributed by atoms with E-state index in [9.17, 15) is 14.9 Å². The number of fused-ring (bicyclic) bond motifs is 1. The van der Waals surface area contributed by atoms with Gasteiger partial charge in [-0.1, -0.05) is 12.1 Å². The van der Waals surface area contributed by atoms with Gasteiger partial charge in [0.05, 0.1) is 4.92 Å². The molecule has 0 aliphatic carbocycles. The molecule has 0 unspecified atom stereocenters. The van der Waals surface area contributed by atoms with Crippen molar-refractivity contribution in [1.82, 2.24) is 0 Å². The summed E-state index contributed by atoms with van der Waals surface area (Å²) in [6.07, 6.45) is 0.737. The van der Waals surface area contributed by atoms with Crippen molar-refractivity contribution in [2.24, 2.45) is 5.73 Å². The number of nitrogens with two attached hydrogens (primary N) is 1. The normalized spacial score (nSPS) is 12.3. The van der Waals surface area contributed by atoms with Crippen molar-refractivity contribution in [3.05, 3.63) is 63.2 Å². The molecule has 0 aromatic heterocycles. The van der Waals surface area contributed by atoms with Gasteiger partial charge in [-0.05, 0) is 30.2 Å². The van der Waals surface area contributed by atoms with Crippen LogP contribution in [0.4, 0.5) is 17.1 Å². The standard InChI is InChI=1S/C16H16N4O3/c17-16(21)11-3-1-2-10(8-11)9-19-15-12-6-7-18-13(12)4-5-14(15)20(22)23/h1-5,8,18-19H,6-7,9H2,(H2,17,21). The monoisotopic (exact) mass is 312 g/mol. The van der Waals surface area contributed by atoms with Crippen molar-refractivity contribution >= 4 is 23.0 Å². The smallest absolute Gasteiger partial charge is 0.292 e. The van der Waals surface area contributed by atoms with E-state index in [0.29, 0.717) is 17.8 Å². The summed E-state index contributed by atoms with van der Waals surface area (Å²) in [6.45, 7) is 1.14. The molecule has 7 nitrogen and oxygen atoms in total. The van der Waals surface area contributed by atoms with Crippen LogP contribution in [0.1, 0.15) is 21.5 Å². The number of rotatable bonds is 5. The lowest BCUT2D eigenvalue weighted by Gasteiger charge is -2.12. The fourth-order valence-corrected chi connectivity index (χ4v) is 2.76. The Balaban J connectivity index is 1.88. The first-order chi connectivity index (χ1) is 11.1. The highest BCUT2D eigenvalue weighted by atomic mass is 16.6. The van der Waals surface area contributed by atoms with Gasteiger partial charge in [-0.15, -0.1) is 0 Å². The first-order valence-corrected chi connectivity index (χ1v) is 7.23. The van der Waals surface area contributed by atoms with Crippen LogP contribution in [0, 0.1) is 10.1 Å². The average molecular weight is 312 g/mol. The first-order valence-electron chi connectivity index (χ1n) is 7.23. The molecule has 4 N–H and O–H groups in total. The Hall–Kier alpha value is -3.09. The quantitative estimate of drug-likeness (QED) is 0.579. The first kappa shape index (κ1) is 14.8. The summed E-state index contributed by atoms with van der Waals surface area (Å²) >= 11 is 0. The number of benzene rings is 2. The highest BCUT2D eigenvalue weighted by Gasteiger charge is 2.23. The van der Waals surface area contributed by atoms with Crippen LogP contribution >= 0.6 is 0 Å². The molecule has 0 bridgehead atoms. The zero-order valence-corrected chi connectivity index (χ0v) is 12.3. The van der Waals surface area contributed by atoms with Crippen molar-refractivity contribution in [2.45, 2.75) is 13.0 Å². The zero-order valence-electron chi connectivity index (χ0n) is 12.3. The minimum Gasteiger partial charge on any atom is -0.384 e. The highest BCUT2D eigenvalue weighted by molar-refractivity contribution is 5.92. The summed E-state index contributed by atoms with van der Waals surface area (Å²) in [6, 6.07) is 10.1. The summed E-state index contributed by atoms with van der Waals surface area (Å²) in [4.78, 5) is 22.1. The predicted octanol–water partition coefficient (Wildman–Crippen LogP) is 2.27. The lowest BCUT2D eigenvalue weighted by molar-refractivity contribution is -0.384. The zero-order chi connectivity index (χ0) is 16.4. The van der Waals surface area contributed by atoms with Gasteiger partial charge in [-0.3, -0.25) is 14.9 Å². The number of primary amides is 1. The van der Waals surface area contributed by atoms with Gasteiger partial charge in [-0.25, -0.2) is 0 Å². The molecule has 0 radical (unpaired) electrons. The summed E-state index contributed by atoms with van der Waals surface area (Å²) < 4.78 is 0. The molecule has 23 heavy (non-hydrogen) atoms. The Morgan fingerprint density at radius 2 is 2.17 bits per heavy atom. The summed E-state index contributed by atoms with van der Waals surface area (Å²) in [7, 11) is 0. The van der Waals surface area contributed by atoms with E-state index in [-0.39, 0.29) is 10.6 Å². The highest BCUT2D eigenvalue weighted by Crippen LogP contribution is 2.37. The van der Waals surface area contributed by atoms with Gasteiger partial charge in [0.15, 0.2) is 0 Å². The van der Waals surface area contributed by atoms with Gasteiger partial charge in [-0.2, -0.15) is 0 Å². The number of nitro groups is 1. The van der Waals surface area contributed by atoms with E-state index in [1.54, 1.807) is 24.3 Å². The maximum Gasteiger partial charge on any atom is 0.292 e. The molecule has 7 heteroatoms. The van der Waals surface area contributed by atoms with Crippen LogP contribution in [-0.2, 0) is 13.0 Å². The summed E-state index contributed by atoms with van der Waals surface area (Å²) in [5.74, 6) is -0.498. The minimum atomic E-state index is -0.498. The molecule has 118 valence electrons. The number of carbonyl (C=O) groups excluding carboxylic acids is 1. The minimum absolute atomic E-state index is 0.0542.